The van der Waals surface area contributed by atoms with Gasteiger partial charge in [-0.1, -0.05) is 0 Å². The third-order valence-electron chi connectivity index (χ3n) is 3.73. The van der Waals surface area contributed by atoms with Crippen molar-refractivity contribution in [2.24, 2.45) is 0 Å². The molecule has 1 heterocycles. The van der Waals surface area contributed by atoms with Crippen LogP contribution in [0, 0.1) is 6.92 Å². The first-order valence-electron chi connectivity index (χ1n) is 7.20. The molecule has 2 aromatic rings. The normalized spacial score (nSPS) is 14.6. The van der Waals surface area contributed by atoms with Gasteiger partial charge in [-0.25, -0.2) is 0 Å². The lowest BCUT2D eigenvalue weighted by atomic mass is 10.2. The molecule has 3 nitrogen and oxygen atoms in total. The SMILES string of the molecule is Cc1cc(N)cc(Nc2ccc(N3CCCC3)cc2)c1. The van der Waals surface area contributed by atoms with E-state index >= 15 is 0 Å². The van der Waals surface area contributed by atoms with Gasteiger partial charge in [-0.2, -0.15) is 0 Å². The maximum absolute atomic E-state index is 5.87. The van der Waals surface area contributed by atoms with E-state index in [1.807, 2.05) is 12.1 Å². The third kappa shape index (κ3) is 2.87. The first-order chi connectivity index (χ1) is 9.70. The van der Waals surface area contributed by atoms with Gasteiger partial charge in [-0.15, -0.1) is 0 Å². The number of hydrogen-bond acceptors (Lipinski definition) is 3. The quantitative estimate of drug-likeness (QED) is 0.828. The molecular weight excluding hydrogens is 246 g/mol. The van der Waals surface area contributed by atoms with Crippen LogP contribution in [0.15, 0.2) is 42.5 Å². The topological polar surface area (TPSA) is 41.3 Å². The zero-order chi connectivity index (χ0) is 13.9. The van der Waals surface area contributed by atoms with E-state index in [1.165, 1.54) is 37.2 Å². The Labute approximate surface area is 120 Å². The van der Waals surface area contributed by atoms with Crippen LogP contribution in [0.25, 0.3) is 0 Å². The molecule has 0 aromatic heterocycles. The van der Waals surface area contributed by atoms with E-state index < -0.39 is 0 Å². The Kier molecular flexibility index (Phi) is 3.50. The first-order valence-corrected chi connectivity index (χ1v) is 7.20. The number of nitrogens with zero attached hydrogens (tertiary/aromatic N) is 1. The van der Waals surface area contributed by atoms with Crippen LogP contribution >= 0.6 is 0 Å². The summed E-state index contributed by atoms with van der Waals surface area (Å²) >= 11 is 0. The van der Waals surface area contributed by atoms with Crippen LogP contribution in [0.2, 0.25) is 0 Å². The molecule has 3 heteroatoms. The minimum Gasteiger partial charge on any atom is -0.399 e. The fourth-order valence-corrected chi connectivity index (χ4v) is 2.78. The van der Waals surface area contributed by atoms with E-state index in [9.17, 15) is 0 Å². The summed E-state index contributed by atoms with van der Waals surface area (Å²) in [7, 11) is 0. The number of anilines is 4. The standard InChI is InChI=1S/C17H21N3/c1-13-10-14(18)12-16(11-13)19-15-4-6-17(7-5-15)20-8-2-3-9-20/h4-7,10-12,19H,2-3,8-9,18H2,1H3. The highest BCUT2D eigenvalue weighted by Crippen LogP contribution is 2.25. The van der Waals surface area contributed by atoms with Crippen LogP contribution in [-0.2, 0) is 0 Å². The van der Waals surface area contributed by atoms with E-state index in [2.05, 4.69) is 47.5 Å². The summed E-state index contributed by atoms with van der Waals surface area (Å²) < 4.78 is 0. The van der Waals surface area contributed by atoms with Crippen molar-refractivity contribution in [3.63, 3.8) is 0 Å². The zero-order valence-electron chi connectivity index (χ0n) is 11.9. The van der Waals surface area contributed by atoms with Gasteiger partial charge in [0.25, 0.3) is 0 Å². The molecule has 0 atom stereocenters. The number of nitrogen functional groups attached to an aromatic ring is 1. The fourth-order valence-electron chi connectivity index (χ4n) is 2.78. The first kappa shape index (κ1) is 12.9. The Morgan fingerprint density at radius 2 is 1.65 bits per heavy atom. The summed E-state index contributed by atoms with van der Waals surface area (Å²) in [5, 5.41) is 3.40. The number of nitrogens with two attached hydrogens (primary N) is 1. The molecule has 3 rings (SSSR count). The fraction of sp³-hybridized carbons (Fsp3) is 0.294. The molecule has 104 valence electrons. The van der Waals surface area contributed by atoms with Gasteiger partial charge in [0.15, 0.2) is 0 Å². The van der Waals surface area contributed by atoms with E-state index in [0.717, 1.165) is 17.1 Å². The van der Waals surface area contributed by atoms with Crippen molar-refractivity contribution in [3.8, 4) is 0 Å². The van der Waals surface area contributed by atoms with Crippen molar-refractivity contribution in [2.75, 3.05) is 29.0 Å². The third-order valence-corrected chi connectivity index (χ3v) is 3.73. The van der Waals surface area contributed by atoms with E-state index in [4.69, 9.17) is 5.73 Å². The van der Waals surface area contributed by atoms with Gasteiger partial charge in [0.2, 0.25) is 0 Å². The van der Waals surface area contributed by atoms with Gasteiger partial charge in [-0.3, -0.25) is 0 Å². The van der Waals surface area contributed by atoms with Gasteiger partial charge >= 0.3 is 0 Å². The molecule has 0 bridgehead atoms. The van der Waals surface area contributed by atoms with Gasteiger partial charge in [0.05, 0.1) is 0 Å². The van der Waals surface area contributed by atoms with E-state index in [0.29, 0.717) is 0 Å². The van der Waals surface area contributed by atoms with Gasteiger partial charge in [0, 0.05) is 35.8 Å². The zero-order valence-corrected chi connectivity index (χ0v) is 11.9. The Balaban J connectivity index is 1.74. The van der Waals surface area contributed by atoms with Gasteiger partial charge < -0.3 is 16.0 Å². The van der Waals surface area contributed by atoms with Crippen molar-refractivity contribution >= 4 is 22.7 Å². The van der Waals surface area contributed by atoms with E-state index in [-0.39, 0.29) is 0 Å². The molecule has 0 saturated carbocycles. The molecule has 0 radical (unpaired) electrons. The molecule has 0 amide bonds. The second kappa shape index (κ2) is 5.45. The summed E-state index contributed by atoms with van der Waals surface area (Å²) in [6.07, 6.45) is 2.62. The van der Waals surface area contributed by atoms with Gasteiger partial charge in [0.1, 0.15) is 0 Å². The van der Waals surface area contributed by atoms with Crippen molar-refractivity contribution < 1.29 is 0 Å². The average molecular weight is 267 g/mol. The van der Waals surface area contributed by atoms with Crippen LogP contribution < -0.4 is 16.0 Å². The number of benzene rings is 2. The lowest BCUT2D eigenvalue weighted by Gasteiger charge is -2.18. The monoisotopic (exact) mass is 267 g/mol. The maximum atomic E-state index is 5.87. The average Bonchev–Trinajstić information content (AvgIpc) is 2.92. The second-order valence-electron chi connectivity index (χ2n) is 5.50. The number of hydrogen-bond donors (Lipinski definition) is 2. The van der Waals surface area contributed by atoms with Crippen LogP contribution in [0.4, 0.5) is 22.7 Å². The molecule has 20 heavy (non-hydrogen) atoms. The largest absolute Gasteiger partial charge is 0.399 e. The highest BCUT2D eigenvalue weighted by Gasteiger charge is 2.11. The summed E-state index contributed by atoms with van der Waals surface area (Å²) in [6.45, 7) is 4.42. The van der Waals surface area contributed by atoms with Gasteiger partial charge in [-0.05, 0) is 67.8 Å². The Morgan fingerprint density at radius 3 is 2.30 bits per heavy atom. The summed E-state index contributed by atoms with van der Waals surface area (Å²) in [5.74, 6) is 0. The maximum Gasteiger partial charge on any atom is 0.0407 e. The minimum atomic E-state index is 0.793. The number of rotatable bonds is 3. The molecule has 2 aromatic carbocycles. The molecule has 0 unspecified atom stereocenters. The van der Waals surface area contributed by atoms with Crippen molar-refractivity contribution in [2.45, 2.75) is 19.8 Å². The van der Waals surface area contributed by atoms with Crippen LogP contribution in [0.1, 0.15) is 18.4 Å². The predicted molar refractivity (Wildman–Crippen MR) is 86.8 cm³/mol. The van der Waals surface area contributed by atoms with Crippen LogP contribution in [0.3, 0.4) is 0 Å². The van der Waals surface area contributed by atoms with Crippen molar-refractivity contribution in [1.29, 1.82) is 0 Å². The predicted octanol–water partition coefficient (Wildman–Crippen LogP) is 3.92. The van der Waals surface area contributed by atoms with Crippen molar-refractivity contribution in [3.05, 3.63) is 48.0 Å². The summed E-state index contributed by atoms with van der Waals surface area (Å²) in [4.78, 5) is 2.44. The minimum absolute atomic E-state index is 0.793. The molecule has 3 N–H and O–H groups in total. The molecule has 0 spiro atoms. The molecule has 1 aliphatic rings. The van der Waals surface area contributed by atoms with E-state index in [1.54, 1.807) is 0 Å². The Hall–Kier alpha value is -2.16. The van der Waals surface area contributed by atoms with Crippen LogP contribution in [0.5, 0.6) is 0 Å². The highest BCUT2D eigenvalue weighted by atomic mass is 15.1. The van der Waals surface area contributed by atoms with Crippen molar-refractivity contribution in [1.82, 2.24) is 0 Å². The molecule has 1 aliphatic heterocycles. The molecule has 0 aliphatic carbocycles. The highest BCUT2D eigenvalue weighted by molar-refractivity contribution is 5.66. The molecule has 1 saturated heterocycles. The summed E-state index contributed by atoms with van der Waals surface area (Å²) in [5.41, 5.74) is 11.3. The lowest BCUT2D eigenvalue weighted by Crippen LogP contribution is -2.17. The van der Waals surface area contributed by atoms with Crippen LogP contribution in [-0.4, -0.2) is 13.1 Å². The Bertz CT molecular complexity index is 563. The summed E-state index contributed by atoms with van der Waals surface area (Å²) in [6, 6.07) is 14.7. The molecular formula is C17H21N3. The number of nitrogens with one attached hydrogen (secondary N) is 1. The lowest BCUT2D eigenvalue weighted by molar-refractivity contribution is 0.949. The Morgan fingerprint density at radius 1 is 0.950 bits per heavy atom. The smallest absolute Gasteiger partial charge is 0.0407 e. The number of aryl methyl sites for hydroxylation is 1. The molecule has 1 fully saturated rings. The second-order valence-corrected chi connectivity index (χ2v) is 5.50.